The molecule has 3 heteroatoms. The minimum Gasteiger partial charge on any atom is -0.496 e. The molecule has 0 radical (unpaired) electrons. The predicted octanol–water partition coefficient (Wildman–Crippen LogP) is 4.27. The maximum atomic E-state index is 6.35. The fraction of sp³-hybridized carbons (Fsp3) is 0.294. The average Bonchev–Trinajstić information content (AvgIpc) is 2.43. The molecule has 106 valence electrons. The van der Waals surface area contributed by atoms with Crippen molar-refractivity contribution in [2.24, 2.45) is 0 Å². The summed E-state index contributed by atoms with van der Waals surface area (Å²) < 4.78 is 5.57. The third kappa shape index (κ3) is 2.82. The van der Waals surface area contributed by atoms with Crippen LogP contribution in [0.3, 0.4) is 0 Å². The van der Waals surface area contributed by atoms with Gasteiger partial charge in [0.15, 0.2) is 0 Å². The second-order valence-corrected chi connectivity index (χ2v) is 5.35. The summed E-state index contributed by atoms with van der Waals surface area (Å²) >= 11 is 6.35. The molecule has 2 rings (SSSR count). The molecule has 2 nitrogen and oxygen atoms in total. The van der Waals surface area contributed by atoms with Gasteiger partial charge in [-0.3, -0.25) is 0 Å². The Morgan fingerprint density at radius 2 is 1.85 bits per heavy atom. The molecule has 0 aliphatic rings. The number of halogens is 1. The molecule has 0 aliphatic carbocycles. The number of methoxy groups -OCH3 is 1. The van der Waals surface area contributed by atoms with E-state index in [1.54, 1.807) is 7.11 Å². The van der Waals surface area contributed by atoms with Gasteiger partial charge in [0.1, 0.15) is 5.75 Å². The number of ether oxygens (including phenoxy) is 1. The Morgan fingerprint density at radius 1 is 1.15 bits per heavy atom. The highest BCUT2D eigenvalue weighted by Gasteiger charge is 2.21. The summed E-state index contributed by atoms with van der Waals surface area (Å²) in [6, 6.07) is 12.1. The molecule has 1 atom stereocenters. The van der Waals surface area contributed by atoms with Crippen LogP contribution in [0.15, 0.2) is 36.4 Å². The average molecular weight is 290 g/mol. The van der Waals surface area contributed by atoms with Crippen molar-refractivity contribution in [2.45, 2.75) is 19.9 Å². The van der Waals surface area contributed by atoms with E-state index in [0.29, 0.717) is 0 Å². The summed E-state index contributed by atoms with van der Waals surface area (Å²) in [5, 5.41) is 4.10. The van der Waals surface area contributed by atoms with E-state index in [1.807, 2.05) is 31.3 Å². The van der Waals surface area contributed by atoms with Crippen LogP contribution in [0, 0.1) is 13.8 Å². The Kier molecular flexibility index (Phi) is 4.69. The van der Waals surface area contributed by atoms with Crippen molar-refractivity contribution in [1.82, 2.24) is 5.32 Å². The van der Waals surface area contributed by atoms with E-state index < -0.39 is 0 Å². The largest absolute Gasteiger partial charge is 0.496 e. The summed E-state index contributed by atoms with van der Waals surface area (Å²) in [5.41, 5.74) is 4.58. The van der Waals surface area contributed by atoms with Gasteiger partial charge >= 0.3 is 0 Å². The van der Waals surface area contributed by atoms with Crippen molar-refractivity contribution in [1.29, 1.82) is 0 Å². The van der Waals surface area contributed by atoms with Crippen molar-refractivity contribution in [3.8, 4) is 5.75 Å². The fourth-order valence-electron chi connectivity index (χ4n) is 2.64. The lowest BCUT2D eigenvalue weighted by atomic mass is 9.93. The molecule has 1 N–H and O–H groups in total. The molecule has 0 aromatic heterocycles. The second kappa shape index (κ2) is 6.29. The smallest absolute Gasteiger partial charge is 0.124 e. The van der Waals surface area contributed by atoms with E-state index in [4.69, 9.17) is 16.3 Å². The monoisotopic (exact) mass is 289 g/mol. The molecule has 0 fully saturated rings. The number of hydrogen-bond acceptors (Lipinski definition) is 2. The minimum absolute atomic E-state index is 0.0132. The van der Waals surface area contributed by atoms with Crippen molar-refractivity contribution < 1.29 is 4.74 Å². The summed E-state index contributed by atoms with van der Waals surface area (Å²) in [4.78, 5) is 0. The molecule has 0 saturated heterocycles. The zero-order valence-corrected chi connectivity index (χ0v) is 13.1. The van der Waals surface area contributed by atoms with Crippen molar-refractivity contribution in [3.63, 3.8) is 0 Å². The van der Waals surface area contributed by atoms with Crippen molar-refractivity contribution >= 4 is 11.6 Å². The zero-order valence-electron chi connectivity index (χ0n) is 12.3. The second-order valence-electron chi connectivity index (χ2n) is 4.94. The Labute approximate surface area is 125 Å². The SMILES string of the molecule is CNC(c1ccccc1Cl)c1c(C)cc(C)cc1OC. The first-order valence-corrected chi connectivity index (χ1v) is 7.03. The molecule has 2 aromatic rings. The van der Waals surface area contributed by atoms with Gasteiger partial charge in [0.2, 0.25) is 0 Å². The molecule has 20 heavy (non-hydrogen) atoms. The van der Waals surface area contributed by atoms with Gasteiger partial charge in [0.05, 0.1) is 13.2 Å². The van der Waals surface area contributed by atoms with E-state index in [1.165, 1.54) is 11.1 Å². The first-order valence-electron chi connectivity index (χ1n) is 6.65. The minimum atomic E-state index is 0.0132. The molecule has 2 aromatic carbocycles. The van der Waals surface area contributed by atoms with Crippen LogP contribution in [0.5, 0.6) is 5.75 Å². The molecule has 0 bridgehead atoms. The van der Waals surface area contributed by atoms with Crippen LogP contribution in [-0.2, 0) is 0 Å². The summed E-state index contributed by atoms with van der Waals surface area (Å²) in [6.07, 6.45) is 0. The number of benzene rings is 2. The molecule has 0 saturated carbocycles. The lowest BCUT2D eigenvalue weighted by molar-refractivity contribution is 0.404. The van der Waals surface area contributed by atoms with E-state index in [2.05, 4.69) is 31.3 Å². The Bertz CT molecular complexity index is 610. The van der Waals surface area contributed by atoms with Gasteiger partial charge in [-0.25, -0.2) is 0 Å². The molecule has 0 aliphatic heterocycles. The molecular formula is C17H20ClNO. The summed E-state index contributed by atoms with van der Waals surface area (Å²) in [5.74, 6) is 0.891. The van der Waals surface area contributed by atoms with Gasteiger partial charge in [-0.05, 0) is 49.7 Å². The van der Waals surface area contributed by atoms with Crippen LogP contribution in [-0.4, -0.2) is 14.2 Å². The first-order chi connectivity index (χ1) is 9.58. The fourth-order valence-corrected chi connectivity index (χ4v) is 2.89. The van der Waals surface area contributed by atoms with E-state index in [9.17, 15) is 0 Å². The van der Waals surface area contributed by atoms with Crippen LogP contribution < -0.4 is 10.1 Å². The number of rotatable bonds is 4. The highest BCUT2D eigenvalue weighted by molar-refractivity contribution is 6.31. The lowest BCUT2D eigenvalue weighted by Crippen LogP contribution is -2.20. The first kappa shape index (κ1) is 14.9. The van der Waals surface area contributed by atoms with Crippen molar-refractivity contribution in [3.05, 3.63) is 63.7 Å². The number of hydrogen-bond donors (Lipinski definition) is 1. The molecule has 0 heterocycles. The third-order valence-corrected chi connectivity index (χ3v) is 3.85. The van der Waals surface area contributed by atoms with Crippen molar-refractivity contribution in [2.75, 3.05) is 14.2 Å². The topological polar surface area (TPSA) is 21.3 Å². The van der Waals surface area contributed by atoms with Gasteiger partial charge in [0.25, 0.3) is 0 Å². The molecule has 1 unspecified atom stereocenters. The zero-order chi connectivity index (χ0) is 14.7. The highest BCUT2D eigenvalue weighted by Crippen LogP contribution is 2.36. The lowest BCUT2D eigenvalue weighted by Gasteiger charge is -2.23. The van der Waals surface area contributed by atoms with Crippen LogP contribution in [0.1, 0.15) is 28.3 Å². The van der Waals surface area contributed by atoms with E-state index >= 15 is 0 Å². The van der Waals surface area contributed by atoms with Gasteiger partial charge in [0, 0.05) is 10.6 Å². The van der Waals surface area contributed by atoms with Gasteiger partial charge < -0.3 is 10.1 Å². The van der Waals surface area contributed by atoms with Crippen LogP contribution in [0.4, 0.5) is 0 Å². The Balaban J connectivity index is 2.61. The molecule has 0 amide bonds. The normalized spacial score (nSPS) is 12.2. The Hall–Kier alpha value is -1.51. The van der Waals surface area contributed by atoms with Gasteiger partial charge in [-0.15, -0.1) is 0 Å². The van der Waals surface area contributed by atoms with Crippen LogP contribution in [0.25, 0.3) is 0 Å². The number of nitrogens with one attached hydrogen (secondary N) is 1. The molecule has 0 spiro atoms. The van der Waals surface area contributed by atoms with Crippen LogP contribution in [0.2, 0.25) is 5.02 Å². The van der Waals surface area contributed by atoms with E-state index in [-0.39, 0.29) is 6.04 Å². The standard InChI is InChI=1S/C17H20ClNO/c1-11-9-12(2)16(15(10-11)20-4)17(19-3)13-7-5-6-8-14(13)18/h5-10,17,19H,1-4H3. The summed E-state index contributed by atoms with van der Waals surface area (Å²) in [6.45, 7) is 4.18. The number of aryl methyl sites for hydroxylation is 2. The maximum Gasteiger partial charge on any atom is 0.124 e. The summed E-state index contributed by atoms with van der Waals surface area (Å²) in [7, 11) is 3.64. The predicted molar refractivity (Wildman–Crippen MR) is 84.8 cm³/mol. The Morgan fingerprint density at radius 3 is 2.45 bits per heavy atom. The van der Waals surface area contributed by atoms with Gasteiger partial charge in [-0.1, -0.05) is 35.9 Å². The van der Waals surface area contributed by atoms with Gasteiger partial charge in [-0.2, -0.15) is 0 Å². The molecular weight excluding hydrogens is 270 g/mol. The quantitative estimate of drug-likeness (QED) is 0.907. The highest BCUT2D eigenvalue weighted by atomic mass is 35.5. The third-order valence-electron chi connectivity index (χ3n) is 3.51. The van der Waals surface area contributed by atoms with E-state index in [0.717, 1.165) is 21.9 Å². The van der Waals surface area contributed by atoms with Crippen LogP contribution >= 0.6 is 11.6 Å². The maximum absolute atomic E-state index is 6.35.